The highest BCUT2D eigenvalue weighted by Gasteiger charge is 2.10. The zero-order valence-corrected chi connectivity index (χ0v) is 14.5. The van der Waals surface area contributed by atoms with Crippen LogP contribution in [0.2, 0.25) is 0 Å². The summed E-state index contributed by atoms with van der Waals surface area (Å²) >= 11 is 0. The highest BCUT2D eigenvalue weighted by Crippen LogP contribution is 2.05. The fourth-order valence-corrected chi connectivity index (χ4v) is 2.47. The van der Waals surface area contributed by atoms with Gasteiger partial charge in [0.25, 0.3) is 0 Å². The lowest BCUT2D eigenvalue weighted by Gasteiger charge is -2.22. The number of nitrogens with zero attached hydrogens (tertiary/aromatic N) is 3. The summed E-state index contributed by atoms with van der Waals surface area (Å²) < 4.78 is 11.0. The molecule has 1 fully saturated rings. The molecule has 1 saturated heterocycles. The Balaban J connectivity index is 1.86. The number of ether oxygens (including phenoxy) is 2. The summed E-state index contributed by atoms with van der Waals surface area (Å²) in [7, 11) is 4.24. The second-order valence-electron chi connectivity index (χ2n) is 6.10. The molecule has 1 heterocycles. The normalized spacial score (nSPS) is 16.2. The van der Waals surface area contributed by atoms with Crippen molar-refractivity contribution in [1.82, 2.24) is 14.7 Å². The third kappa shape index (κ3) is 10.5. The van der Waals surface area contributed by atoms with Crippen LogP contribution in [0.5, 0.6) is 0 Å². The number of likely N-dealkylation sites (tertiary alicyclic amines) is 1. The standard InChI is InChI=1S/C16H35N3O3/c1-17(7-8-18(2)10-14-22-16-12-20)9-13-21-15-11-19-5-3-4-6-19/h20H,3-16H2,1-2H3. The first-order chi connectivity index (χ1) is 10.7. The Labute approximate surface area is 136 Å². The molecule has 0 atom stereocenters. The molecule has 0 bridgehead atoms. The molecule has 0 amide bonds. The van der Waals surface area contributed by atoms with E-state index in [4.69, 9.17) is 14.6 Å². The van der Waals surface area contributed by atoms with Crippen LogP contribution in [-0.4, -0.2) is 113 Å². The first-order valence-electron chi connectivity index (χ1n) is 8.58. The largest absolute Gasteiger partial charge is 0.394 e. The summed E-state index contributed by atoms with van der Waals surface area (Å²) in [6.45, 7) is 10.4. The van der Waals surface area contributed by atoms with Crippen molar-refractivity contribution in [3.8, 4) is 0 Å². The number of hydrogen-bond donors (Lipinski definition) is 1. The van der Waals surface area contributed by atoms with Crippen molar-refractivity contribution >= 4 is 0 Å². The Morgan fingerprint density at radius 1 is 0.818 bits per heavy atom. The molecule has 132 valence electrons. The fourth-order valence-electron chi connectivity index (χ4n) is 2.47. The van der Waals surface area contributed by atoms with Gasteiger partial charge in [0.05, 0.1) is 33.0 Å². The lowest BCUT2D eigenvalue weighted by molar-refractivity contribution is 0.0737. The highest BCUT2D eigenvalue weighted by atomic mass is 16.5. The molecule has 0 aromatic heterocycles. The SMILES string of the molecule is CN(CCOCCO)CCN(C)CCOCCN1CCCC1. The van der Waals surface area contributed by atoms with Gasteiger partial charge in [-0.15, -0.1) is 0 Å². The van der Waals surface area contributed by atoms with E-state index < -0.39 is 0 Å². The summed E-state index contributed by atoms with van der Waals surface area (Å²) in [5.41, 5.74) is 0. The molecule has 0 aromatic carbocycles. The van der Waals surface area contributed by atoms with Crippen molar-refractivity contribution in [2.45, 2.75) is 12.8 Å². The third-order valence-electron chi connectivity index (χ3n) is 4.08. The lowest BCUT2D eigenvalue weighted by Crippen LogP contribution is -2.34. The van der Waals surface area contributed by atoms with E-state index in [2.05, 4.69) is 28.8 Å². The minimum atomic E-state index is 0.101. The van der Waals surface area contributed by atoms with Crippen LogP contribution in [0, 0.1) is 0 Å². The average molecular weight is 317 g/mol. The molecule has 0 saturated carbocycles. The van der Waals surface area contributed by atoms with Crippen molar-refractivity contribution in [3.63, 3.8) is 0 Å². The Morgan fingerprint density at radius 2 is 1.36 bits per heavy atom. The molecule has 1 rings (SSSR count). The van der Waals surface area contributed by atoms with E-state index in [1.165, 1.54) is 25.9 Å². The average Bonchev–Trinajstić information content (AvgIpc) is 3.02. The summed E-state index contributed by atoms with van der Waals surface area (Å²) in [6.07, 6.45) is 2.70. The van der Waals surface area contributed by atoms with Crippen LogP contribution in [-0.2, 0) is 9.47 Å². The number of likely N-dealkylation sites (N-methyl/N-ethyl adjacent to an activating group) is 2. The molecule has 1 N–H and O–H groups in total. The van der Waals surface area contributed by atoms with Crippen molar-refractivity contribution in [1.29, 1.82) is 0 Å². The van der Waals surface area contributed by atoms with Gasteiger partial charge in [0.2, 0.25) is 0 Å². The number of rotatable bonds is 14. The maximum absolute atomic E-state index is 8.63. The van der Waals surface area contributed by atoms with E-state index in [0.29, 0.717) is 13.2 Å². The Hall–Kier alpha value is -0.240. The highest BCUT2D eigenvalue weighted by molar-refractivity contribution is 4.65. The Morgan fingerprint density at radius 3 is 1.91 bits per heavy atom. The van der Waals surface area contributed by atoms with Crippen LogP contribution >= 0.6 is 0 Å². The molecular formula is C16H35N3O3. The van der Waals surface area contributed by atoms with E-state index in [-0.39, 0.29) is 6.61 Å². The number of hydrogen-bond acceptors (Lipinski definition) is 6. The van der Waals surface area contributed by atoms with Crippen molar-refractivity contribution in [2.75, 3.05) is 92.9 Å². The minimum absolute atomic E-state index is 0.101. The van der Waals surface area contributed by atoms with Crippen LogP contribution in [0.3, 0.4) is 0 Å². The molecule has 0 unspecified atom stereocenters. The summed E-state index contributed by atoms with van der Waals surface area (Å²) in [6, 6.07) is 0. The monoisotopic (exact) mass is 317 g/mol. The summed E-state index contributed by atoms with van der Waals surface area (Å²) in [5, 5.41) is 8.63. The third-order valence-corrected chi connectivity index (χ3v) is 4.08. The first kappa shape index (κ1) is 19.8. The molecule has 0 spiro atoms. The number of aliphatic hydroxyl groups excluding tert-OH is 1. The molecule has 1 aliphatic rings. The van der Waals surface area contributed by atoms with Crippen LogP contribution in [0.1, 0.15) is 12.8 Å². The van der Waals surface area contributed by atoms with Gasteiger partial charge < -0.3 is 29.3 Å². The molecule has 0 aliphatic carbocycles. The molecule has 0 radical (unpaired) electrons. The first-order valence-corrected chi connectivity index (χ1v) is 8.58. The fraction of sp³-hybridized carbons (Fsp3) is 1.00. The van der Waals surface area contributed by atoms with Gasteiger partial charge in [0, 0.05) is 32.7 Å². The Bertz CT molecular complexity index is 251. The van der Waals surface area contributed by atoms with E-state index in [9.17, 15) is 0 Å². The smallest absolute Gasteiger partial charge is 0.0698 e. The lowest BCUT2D eigenvalue weighted by atomic mass is 10.4. The molecule has 6 heteroatoms. The van der Waals surface area contributed by atoms with Gasteiger partial charge in [0.15, 0.2) is 0 Å². The van der Waals surface area contributed by atoms with E-state index >= 15 is 0 Å². The predicted molar refractivity (Wildman–Crippen MR) is 89.4 cm³/mol. The molecule has 6 nitrogen and oxygen atoms in total. The zero-order chi connectivity index (χ0) is 16.0. The summed E-state index contributed by atoms with van der Waals surface area (Å²) in [5.74, 6) is 0. The van der Waals surface area contributed by atoms with Crippen LogP contribution in [0.15, 0.2) is 0 Å². The van der Waals surface area contributed by atoms with Gasteiger partial charge in [-0.05, 0) is 40.0 Å². The minimum Gasteiger partial charge on any atom is -0.394 e. The molecule has 22 heavy (non-hydrogen) atoms. The van der Waals surface area contributed by atoms with Gasteiger partial charge in [-0.1, -0.05) is 0 Å². The molecule has 0 aromatic rings. The maximum atomic E-state index is 8.63. The topological polar surface area (TPSA) is 48.4 Å². The van der Waals surface area contributed by atoms with Crippen molar-refractivity contribution in [3.05, 3.63) is 0 Å². The summed E-state index contributed by atoms with van der Waals surface area (Å²) in [4.78, 5) is 7.04. The van der Waals surface area contributed by atoms with Gasteiger partial charge in [-0.2, -0.15) is 0 Å². The van der Waals surface area contributed by atoms with Gasteiger partial charge in [-0.3, -0.25) is 0 Å². The van der Waals surface area contributed by atoms with Gasteiger partial charge in [-0.25, -0.2) is 0 Å². The van der Waals surface area contributed by atoms with Crippen LogP contribution in [0.25, 0.3) is 0 Å². The van der Waals surface area contributed by atoms with E-state index in [1.807, 2.05) is 0 Å². The molecule has 1 aliphatic heterocycles. The van der Waals surface area contributed by atoms with E-state index in [1.54, 1.807) is 0 Å². The van der Waals surface area contributed by atoms with Crippen LogP contribution in [0.4, 0.5) is 0 Å². The van der Waals surface area contributed by atoms with Crippen molar-refractivity contribution < 1.29 is 14.6 Å². The zero-order valence-electron chi connectivity index (χ0n) is 14.5. The second-order valence-corrected chi connectivity index (χ2v) is 6.10. The van der Waals surface area contributed by atoms with Crippen molar-refractivity contribution in [2.24, 2.45) is 0 Å². The predicted octanol–water partition coefficient (Wildman–Crippen LogP) is -0.0287. The van der Waals surface area contributed by atoms with Gasteiger partial charge in [0.1, 0.15) is 0 Å². The quantitative estimate of drug-likeness (QED) is 0.454. The molecular weight excluding hydrogens is 282 g/mol. The Kier molecular flexibility index (Phi) is 11.9. The van der Waals surface area contributed by atoms with Gasteiger partial charge >= 0.3 is 0 Å². The van der Waals surface area contributed by atoms with E-state index in [0.717, 1.165) is 45.9 Å². The second kappa shape index (κ2) is 13.2. The van der Waals surface area contributed by atoms with Crippen LogP contribution < -0.4 is 0 Å². The number of aliphatic hydroxyl groups is 1. The maximum Gasteiger partial charge on any atom is 0.0698 e.